The number of halogens is 3. The first-order valence-corrected chi connectivity index (χ1v) is 5.46. The van der Waals surface area contributed by atoms with E-state index in [0.29, 0.717) is 5.69 Å². The van der Waals surface area contributed by atoms with E-state index in [-0.39, 0.29) is 17.5 Å². The molecule has 94 valence electrons. The second-order valence-corrected chi connectivity index (χ2v) is 4.26. The van der Waals surface area contributed by atoms with Gasteiger partial charge < -0.3 is 0 Å². The van der Waals surface area contributed by atoms with E-state index in [9.17, 15) is 13.6 Å². The number of carbonyl (C=O) groups excluding carboxylic acids is 1. The Morgan fingerprint density at radius 1 is 1.65 bits per heavy atom. The van der Waals surface area contributed by atoms with Crippen molar-refractivity contribution in [1.82, 2.24) is 15.2 Å². The smallest absolute Gasteiger partial charge is 0.283 e. The molecule has 0 radical (unpaired) electrons. The van der Waals surface area contributed by atoms with E-state index in [1.165, 1.54) is 4.68 Å². The van der Waals surface area contributed by atoms with Crippen LogP contribution in [0.1, 0.15) is 36.6 Å². The van der Waals surface area contributed by atoms with Crippen LogP contribution in [0.25, 0.3) is 0 Å². The summed E-state index contributed by atoms with van der Waals surface area (Å²) in [4.78, 5) is 11.1. The lowest BCUT2D eigenvalue weighted by Gasteiger charge is -2.05. The van der Waals surface area contributed by atoms with Crippen molar-refractivity contribution < 1.29 is 13.6 Å². The molecule has 0 unspecified atom stereocenters. The molecule has 1 aromatic heterocycles. The van der Waals surface area contributed by atoms with Crippen molar-refractivity contribution in [3.63, 3.8) is 0 Å². The van der Waals surface area contributed by atoms with Gasteiger partial charge in [-0.1, -0.05) is 11.6 Å². The third-order valence-corrected chi connectivity index (χ3v) is 2.97. The van der Waals surface area contributed by atoms with Crippen LogP contribution in [0.5, 0.6) is 0 Å². The minimum atomic E-state index is -2.75. The summed E-state index contributed by atoms with van der Waals surface area (Å²) in [6, 6.07) is 0. The summed E-state index contributed by atoms with van der Waals surface area (Å²) >= 11 is 5.86. The highest BCUT2D eigenvalue weighted by atomic mass is 35.5. The molecule has 0 atom stereocenters. The fraction of sp³-hybridized carbons (Fsp3) is 0.556. The predicted molar refractivity (Wildman–Crippen MR) is 56.5 cm³/mol. The van der Waals surface area contributed by atoms with Crippen LogP contribution in [-0.2, 0) is 11.3 Å². The molecule has 1 saturated carbocycles. The zero-order chi connectivity index (χ0) is 12.6. The maximum atomic E-state index is 12.6. The van der Waals surface area contributed by atoms with Crippen LogP contribution in [0, 0.1) is 0 Å². The Labute approximate surface area is 101 Å². The molecule has 17 heavy (non-hydrogen) atoms. The van der Waals surface area contributed by atoms with Gasteiger partial charge in [-0.05, 0) is 12.8 Å². The number of rotatable bonds is 4. The summed E-state index contributed by atoms with van der Waals surface area (Å²) in [6.07, 6.45) is -1.00. The van der Waals surface area contributed by atoms with Gasteiger partial charge in [0.15, 0.2) is 0 Å². The van der Waals surface area contributed by atoms with Crippen LogP contribution in [0.4, 0.5) is 8.78 Å². The van der Waals surface area contributed by atoms with E-state index in [0.717, 1.165) is 12.8 Å². The molecular weight excluding hydrogens is 254 g/mol. The number of nitrogens with zero attached hydrogens (tertiary/aromatic N) is 2. The van der Waals surface area contributed by atoms with Gasteiger partial charge >= 0.3 is 0 Å². The van der Waals surface area contributed by atoms with Crippen molar-refractivity contribution in [3.8, 4) is 0 Å². The molecule has 2 rings (SSSR count). The standard InChI is InChI=1S/C9H11ClF2N4O/c10-6-7(9(11)12)15-16(3-5(17)14-13)8(6)4-1-2-4/h4,9H,1-3,13H2,(H,14,17). The van der Waals surface area contributed by atoms with Crippen molar-refractivity contribution in [2.45, 2.75) is 31.7 Å². The number of amides is 1. The maximum Gasteiger partial charge on any atom is 0.283 e. The first-order valence-electron chi connectivity index (χ1n) is 5.08. The third-order valence-electron chi connectivity index (χ3n) is 2.58. The molecule has 5 nitrogen and oxygen atoms in total. The van der Waals surface area contributed by atoms with Crippen LogP contribution in [0.3, 0.4) is 0 Å². The molecule has 1 aromatic rings. The molecule has 0 bridgehead atoms. The number of hydrogen-bond acceptors (Lipinski definition) is 3. The summed E-state index contributed by atoms with van der Waals surface area (Å²) in [5.74, 6) is 4.56. The van der Waals surface area contributed by atoms with Crippen molar-refractivity contribution in [3.05, 3.63) is 16.4 Å². The zero-order valence-electron chi connectivity index (χ0n) is 8.79. The molecule has 1 amide bonds. The van der Waals surface area contributed by atoms with Gasteiger partial charge in [0, 0.05) is 5.92 Å². The van der Waals surface area contributed by atoms with Gasteiger partial charge in [-0.15, -0.1) is 0 Å². The molecular formula is C9H11ClF2N4O. The highest BCUT2D eigenvalue weighted by Crippen LogP contribution is 2.45. The van der Waals surface area contributed by atoms with E-state index in [1.54, 1.807) is 0 Å². The Balaban J connectivity index is 2.35. The largest absolute Gasteiger partial charge is 0.293 e. The topological polar surface area (TPSA) is 72.9 Å². The molecule has 3 N–H and O–H groups in total. The van der Waals surface area contributed by atoms with Crippen LogP contribution in [0.15, 0.2) is 0 Å². The summed E-state index contributed by atoms with van der Waals surface area (Å²) in [5.41, 5.74) is 1.96. The fourth-order valence-corrected chi connectivity index (χ4v) is 2.03. The van der Waals surface area contributed by atoms with E-state index in [4.69, 9.17) is 17.4 Å². The number of alkyl halides is 2. The monoisotopic (exact) mass is 264 g/mol. The third kappa shape index (κ3) is 2.39. The molecule has 1 heterocycles. The Morgan fingerprint density at radius 2 is 2.29 bits per heavy atom. The Hall–Kier alpha value is -1.21. The molecule has 0 saturated heterocycles. The van der Waals surface area contributed by atoms with Gasteiger partial charge in [-0.25, -0.2) is 14.6 Å². The lowest BCUT2D eigenvalue weighted by Crippen LogP contribution is -2.33. The minimum Gasteiger partial charge on any atom is -0.293 e. The van der Waals surface area contributed by atoms with Crippen molar-refractivity contribution in [1.29, 1.82) is 0 Å². The van der Waals surface area contributed by atoms with E-state index >= 15 is 0 Å². The molecule has 0 spiro atoms. The Morgan fingerprint density at radius 3 is 2.76 bits per heavy atom. The fourth-order valence-electron chi connectivity index (χ4n) is 1.66. The average molecular weight is 265 g/mol. The number of hydrazine groups is 1. The van der Waals surface area contributed by atoms with Gasteiger partial charge in [0.05, 0.1) is 10.7 Å². The number of aromatic nitrogens is 2. The minimum absolute atomic E-state index is 0.0349. The van der Waals surface area contributed by atoms with Gasteiger partial charge in [0.25, 0.3) is 12.3 Å². The SMILES string of the molecule is NNC(=O)Cn1nc(C(F)F)c(Cl)c1C1CC1. The van der Waals surface area contributed by atoms with Crippen LogP contribution >= 0.6 is 11.6 Å². The van der Waals surface area contributed by atoms with Crippen LogP contribution < -0.4 is 11.3 Å². The summed E-state index contributed by atoms with van der Waals surface area (Å²) < 4.78 is 26.5. The van der Waals surface area contributed by atoms with Crippen LogP contribution in [0.2, 0.25) is 5.02 Å². The number of carbonyl (C=O) groups is 1. The van der Waals surface area contributed by atoms with Gasteiger partial charge in [0.1, 0.15) is 12.2 Å². The summed E-state index contributed by atoms with van der Waals surface area (Å²) in [6.45, 7) is -0.200. The van der Waals surface area contributed by atoms with E-state index in [1.807, 2.05) is 5.43 Å². The molecule has 0 aliphatic heterocycles. The Kier molecular flexibility index (Phi) is 3.30. The first-order chi connectivity index (χ1) is 8.04. The summed E-state index contributed by atoms with van der Waals surface area (Å²) in [5, 5.41) is 3.64. The molecule has 8 heteroatoms. The lowest BCUT2D eigenvalue weighted by atomic mass is 10.2. The van der Waals surface area contributed by atoms with Gasteiger partial charge in [-0.3, -0.25) is 14.9 Å². The zero-order valence-corrected chi connectivity index (χ0v) is 9.55. The highest BCUT2D eigenvalue weighted by molar-refractivity contribution is 6.32. The van der Waals surface area contributed by atoms with Gasteiger partial charge in [0.2, 0.25) is 0 Å². The second-order valence-electron chi connectivity index (χ2n) is 3.88. The normalized spacial score (nSPS) is 15.4. The van der Waals surface area contributed by atoms with Crippen LogP contribution in [-0.4, -0.2) is 15.7 Å². The first kappa shape index (κ1) is 12.3. The number of nitrogens with one attached hydrogen (secondary N) is 1. The lowest BCUT2D eigenvalue weighted by molar-refractivity contribution is -0.121. The van der Waals surface area contributed by atoms with Crippen molar-refractivity contribution in [2.75, 3.05) is 0 Å². The van der Waals surface area contributed by atoms with Crippen molar-refractivity contribution >= 4 is 17.5 Å². The molecule has 0 aromatic carbocycles. The Bertz CT molecular complexity index is 444. The highest BCUT2D eigenvalue weighted by Gasteiger charge is 2.34. The molecule has 1 aliphatic carbocycles. The van der Waals surface area contributed by atoms with E-state index < -0.39 is 18.0 Å². The average Bonchev–Trinajstić information content (AvgIpc) is 3.04. The quantitative estimate of drug-likeness (QED) is 0.490. The maximum absolute atomic E-state index is 12.6. The van der Waals surface area contributed by atoms with Crippen molar-refractivity contribution in [2.24, 2.45) is 5.84 Å². The second kappa shape index (κ2) is 4.58. The van der Waals surface area contributed by atoms with Gasteiger partial charge in [-0.2, -0.15) is 5.10 Å². The number of nitrogens with two attached hydrogens (primary N) is 1. The summed E-state index contributed by atoms with van der Waals surface area (Å²) in [7, 11) is 0. The molecule has 1 fully saturated rings. The number of hydrogen-bond donors (Lipinski definition) is 2. The molecule has 1 aliphatic rings. The predicted octanol–water partition coefficient (Wildman–Crippen LogP) is 1.34. The van der Waals surface area contributed by atoms with E-state index in [2.05, 4.69) is 5.10 Å².